The molecule has 0 amide bonds. The Morgan fingerprint density at radius 2 is 0.719 bits per heavy atom. The van der Waals surface area contributed by atoms with Crippen molar-refractivity contribution >= 4 is 11.9 Å². The highest BCUT2D eigenvalue weighted by atomic mass is 16.6. The van der Waals surface area contributed by atoms with Crippen molar-refractivity contribution in [2.45, 2.75) is 232 Å². The Morgan fingerprint density at radius 1 is 0.359 bits per heavy atom. The second-order valence-electron chi connectivity index (χ2n) is 17.0. The minimum absolute atomic E-state index is 0.0349. The molecule has 0 saturated carbocycles. The number of rotatable bonds is 47. The van der Waals surface area contributed by atoms with Gasteiger partial charge in [-0.3, -0.25) is 9.59 Å². The molecule has 0 radical (unpaired) electrons. The zero-order valence-electron chi connectivity index (χ0n) is 41.8. The predicted octanol–water partition coefficient (Wildman–Crippen LogP) is 18.0. The molecule has 0 spiro atoms. The fourth-order valence-electron chi connectivity index (χ4n) is 6.95. The number of esters is 2. The lowest BCUT2D eigenvalue weighted by Crippen LogP contribution is -2.30. The number of hydrogen-bond donors (Lipinski definition) is 0. The van der Waals surface area contributed by atoms with Gasteiger partial charge in [0.1, 0.15) is 6.61 Å². The van der Waals surface area contributed by atoms with Crippen LogP contribution in [0.4, 0.5) is 0 Å². The zero-order valence-corrected chi connectivity index (χ0v) is 41.8. The molecule has 0 saturated heterocycles. The van der Waals surface area contributed by atoms with Crippen molar-refractivity contribution < 1.29 is 23.8 Å². The molecular formula is C59H98O5. The van der Waals surface area contributed by atoms with Crippen molar-refractivity contribution in [1.29, 1.82) is 0 Å². The molecule has 5 nitrogen and oxygen atoms in total. The molecule has 1 atom stereocenters. The number of carbonyl (C=O) groups is 2. The third-order valence-corrected chi connectivity index (χ3v) is 10.8. The Morgan fingerprint density at radius 3 is 1.14 bits per heavy atom. The van der Waals surface area contributed by atoms with E-state index >= 15 is 0 Å². The first-order valence-electron chi connectivity index (χ1n) is 26.4. The number of hydrogen-bond acceptors (Lipinski definition) is 5. The second-order valence-corrected chi connectivity index (χ2v) is 17.0. The molecule has 0 bridgehead atoms. The zero-order chi connectivity index (χ0) is 46.3. The summed E-state index contributed by atoms with van der Waals surface area (Å²) < 4.78 is 17.3. The lowest BCUT2D eigenvalue weighted by Gasteiger charge is -2.18. The third kappa shape index (κ3) is 51.2. The van der Waals surface area contributed by atoms with Gasteiger partial charge < -0.3 is 14.2 Å². The van der Waals surface area contributed by atoms with Gasteiger partial charge in [0.15, 0.2) is 6.10 Å². The molecule has 5 heteroatoms. The first-order chi connectivity index (χ1) is 31.6. The molecule has 0 rings (SSSR count). The summed E-state index contributed by atoms with van der Waals surface area (Å²) in [6.07, 6.45) is 74.0. The van der Waals surface area contributed by atoms with Crippen LogP contribution in [-0.4, -0.2) is 37.9 Å². The number of ether oxygens (including phenoxy) is 3. The topological polar surface area (TPSA) is 61.8 Å². The van der Waals surface area contributed by atoms with Crippen molar-refractivity contribution in [2.75, 3.05) is 19.8 Å². The average molecular weight is 887 g/mol. The first-order valence-corrected chi connectivity index (χ1v) is 26.4. The maximum Gasteiger partial charge on any atom is 0.306 e. The van der Waals surface area contributed by atoms with E-state index in [1.165, 1.54) is 89.9 Å². The molecule has 0 fully saturated rings. The maximum atomic E-state index is 12.8. The fraction of sp³-hybridized carbons (Fsp3) is 0.661. The second kappa shape index (κ2) is 53.9. The van der Waals surface area contributed by atoms with Crippen molar-refractivity contribution in [3.8, 4) is 0 Å². The highest BCUT2D eigenvalue weighted by Gasteiger charge is 2.17. The van der Waals surface area contributed by atoms with E-state index in [-0.39, 0.29) is 25.2 Å². The highest BCUT2D eigenvalue weighted by molar-refractivity contribution is 5.70. The van der Waals surface area contributed by atoms with Crippen LogP contribution in [0.15, 0.2) is 109 Å². The Balaban J connectivity index is 4.43. The summed E-state index contributed by atoms with van der Waals surface area (Å²) in [6.45, 7) is 7.50. The molecule has 0 aromatic heterocycles. The van der Waals surface area contributed by atoms with Gasteiger partial charge in [-0.1, -0.05) is 226 Å². The van der Waals surface area contributed by atoms with Crippen molar-refractivity contribution in [2.24, 2.45) is 0 Å². The van der Waals surface area contributed by atoms with Gasteiger partial charge in [0.2, 0.25) is 0 Å². The molecule has 0 N–H and O–H groups in total. The molecule has 0 aromatic rings. The molecule has 0 unspecified atom stereocenters. The van der Waals surface area contributed by atoms with E-state index in [9.17, 15) is 9.59 Å². The van der Waals surface area contributed by atoms with Crippen LogP contribution in [0, 0.1) is 0 Å². The highest BCUT2D eigenvalue weighted by Crippen LogP contribution is 2.14. The summed E-state index contributed by atoms with van der Waals surface area (Å²) in [4.78, 5) is 25.4. The van der Waals surface area contributed by atoms with Gasteiger partial charge in [0.05, 0.1) is 6.61 Å². The van der Waals surface area contributed by atoms with Crippen LogP contribution >= 0.6 is 0 Å². The van der Waals surface area contributed by atoms with Gasteiger partial charge in [0, 0.05) is 19.4 Å². The number of allylic oxidation sites excluding steroid dienone is 18. The minimum Gasteiger partial charge on any atom is -0.462 e. The molecule has 0 aliphatic heterocycles. The van der Waals surface area contributed by atoms with E-state index in [0.717, 1.165) is 103 Å². The van der Waals surface area contributed by atoms with Gasteiger partial charge in [-0.2, -0.15) is 0 Å². The van der Waals surface area contributed by atoms with E-state index in [1.54, 1.807) is 0 Å². The van der Waals surface area contributed by atoms with Crippen LogP contribution in [0.1, 0.15) is 226 Å². The Kier molecular flexibility index (Phi) is 51.0. The van der Waals surface area contributed by atoms with Crippen molar-refractivity contribution in [3.05, 3.63) is 109 Å². The van der Waals surface area contributed by atoms with Crippen molar-refractivity contribution in [1.82, 2.24) is 0 Å². The SMILES string of the molecule is CC/C=C\C/C=C\C/C=C\C/C=C\C/C=C\CCCC(=O)OC[C@@H](COCCCCCCCCCCCCCCCCCC)OC(=O)CCCC/C=C\C/C=C\C/C=C\C/C=C\CC. The van der Waals surface area contributed by atoms with E-state index in [4.69, 9.17) is 14.2 Å². The summed E-state index contributed by atoms with van der Waals surface area (Å²) in [7, 11) is 0. The van der Waals surface area contributed by atoms with Gasteiger partial charge in [-0.15, -0.1) is 0 Å². The summed E-state index contributed by atoms with van der Waals surface area (Å²) in [6, 6.07) is 0. The monoisotopic (exact) mass is 887 g/mol. The largest absolute Gasteiger partial charge is 0.462 e. The molecule has 364 valence electrons. The molecule has 0 heterocycles. The van der Waals surface area contributed by atoms with Crippen LogP contribution in [0.25, 0.3) is 0 Å². The summed E-state index contributed by atoms with van der Waals surface area (Å²) in [5.41, 5.74) is 0. The quantitative estimate of drug-likeness (QED) is 0.0346. The molecular weight excluding hydrogens is 789 g/mol. The number of carbonyl (C=O) groups excluding carboxylic acids is 2. The van der Waals surface area contributed by atoms with Crippen LogP contribution in [0.2, 0.25) is 0 Å². The Bertz CT molecular complexity index is 1280. The lowest BCUT2D eigenvalue weighted by molar-refractivity contribution is -0.162. The maximum absolute atomic E-state index is 12.8. The van der Waals surface area contributed by atoms with E-state index in [1.807, 2.05) is 0 Å². The van der Waals surface area contributed by atoms with Crippen LogP contribution in [0.3, 0.4) is 0 Å². The molecule has 0 aliphatic rings. The number of unbranched alkanes of at least 4 members (excludes halogenated alkanes) is 18. The first kappa shape index (κ1) is 60.6. The van der Waals surface area contributed by atoms with Gasteiger partial charge in [0.25, 0.3) is 0 Å². The summed E-state index contributed by atoms with van der Waals surface area (Å²) in [5, 5.41) is 0. The van der Waals surface area contributed by atoms with Crippen LogP contribution < -0.4 is 0 Å². The molecule has 64 heavy (non-hydrogen) atoms. The Hall–Kier alpha value is -3.44. The predicted molar refractivity (Wildman–Crippen MR) is 279 cm³/mol. The fourth-order valence-corrected chi connectivity index (χ4v) is 6.95. The van der Waals surface area contributed by atoms with E-state index < -0.39 is 6.10 Å². The summed E-state index contributed by atoms with van der Waals surface area (Å²) in [5.74, 6) is -0.514. The standard InChI is InChI=1S/C59H98O5/c1-4-7-10-13-16-19-22-25-28-30-32-34-37-40-43-46-49-52-58(60)63-56-57(55-62-54-51-48-45-42-39-36-33-29-26-23-20-17-14-11-8-5-2)64-59(61)53-50-47-44-41-38-35-31-27-24-21-18-15-12-9-6-3/h7,9-10,12,16,18-19,21,25,27-28,31-32,34,38,40-41,43,57H,4-6,8,11,13-15,17,20,22-24,26,29-30,33,35-37,39,42,44-56H2,1-3H3/b10-7-,12-9-,19-16-,21-18-,28-25-,31-27-,34-32-,41-38-,43-40-/t57-/m1/s1. The molecule has 0 aliphatic carbocycles. The smallest absolute Gasteiger partial charge is 0.306 e. The normalized spacial score (nSPS) is 13.1. The van der Waals surface area contributed by atoms with Gasteiger partial charge in [-0.05, 0) is 96.3 Å². The van der Waals surface area contributed by atoms with Crippen molar-refractivity contribution in [3.63, 3.8) is 0 Å². The minimum atomic E-state index is -0.585. The molecule has 0 aromatic carbocycles. The van der Waals surface area contributed by atoms with Gasteiger partial charge >= 0.3 is 11.9 Å². The van der Waals surface area contributed by atoms with Crippen LogP contribution in [0.5, 0.6) is 0 Å². The third-order valence-electron chi connectivity index (χ3n) is 10.8. The van der Waals surface area contributed by atoms with Gasteiger partial charge in [-0.25, -0.2) is 0 Å². The van der Waals surface area contributed by atoms with E-state index in [0.29, 0.717) is 19.4 Å². The Labute approximate surface area is 395 Å². The lowest BCUT2D eigenvalue weighted by atomic mass is 10.0. The van der Waals surface area contributed by atoms with E-state index in [2.05, 4.69) is 130 Å². The summed E-state index contributed by atoms with van der Waals surface area (Å²) >= 11 is 0. The average Bonchev–Trinajstić information content (AvgIpc) is 3.30. The van der Waals surface area contributed by atoms with Crippen LogP contribution in [-0.2, 0) is 23.8 Å².